The van der Waals surface area contributed by atoms with Crippen molar-refractivity contribution < 1.29 is 19.1 Å². The van der Waals surface area contributed by atoms with E-state index in [1.807, 2.05) is 6.07 Å². The number of amides is 1. The van der Waals surface area contributed by atoms with Gasteiger partial charge in [-0.3, -0.25) is 9.59 Å². The highest BCUT2D eigenvalue weighted by Crippen LogP contribution is 2.29. The number of carbonyl (C=O) groups is 2. The van der Waals surface area contributed by atoms with E-state index in [2.05, 4.69) is 15.6 Å². The van der Waals surface area contributed by atoms with Crippen molar-refractivity contribution in [1.82, 2.24) is 4.98 Å². The number of hydrogen-bond acceptors (Lipinski definition) is 7. The third-order valence-corrected chi connectivity index (χ3v) is 5.48. The highest BCUT2D eigenvalue weighted by atomic mass is 32.1. The van der Waals surface area contributed by atoms with Crippen molar-refractivity contribution in [2.75, 3.05) is 38.0 Å². The first-order chi connectivity index (χ1) is 14.5. The fourth-order valence-electron chi connectivity index (χ4n) is 2.75. The largest absolute Gasteiger partial charge is 0.497 e. The monoisotopic (exact) mass is 425 g/mol. The van der Waals surface area contributed by atoms with E-state index in [4.69, 9.17) is 9.47 Å². The smallest absolute Gasteiger partial charge is 0.259 e. The van der Waals surface area contributed by atoms with Gasteiger partial charge in [0.15, 0.2) is 5.78 Å². The van der Waals surface area contributed by atoms with Crippen molar-refractivity contribution in [2.45, 2.75) is 6.92 Å². The summed E-state index contributed by atoms with van der Waals surface area (Å²) < 4.78 is 10.3. The molecule has 0 atom stereocenters. The number of rotatable bonds is 9. The van der Waals surface area contributed by atoms with Gasteiger partial charge in [-0.2, -0.15) is 0 Å². The van der Waals surface area contributed by atoms with Gasteiger partial charge in [0.2, 0.25) is 0 Å². The molecule has 0 aliphatic carbocycles. The minimum atomic E-state index is -0.294. The molecule has 1 aromatic carbocycles. The summed E-state index contributed by atoms with van der Waals surface area (Å²) in [5.41, 5.74) is 1.71. The zero-order valence-electron chi connectivity index (χ0n) is 17.0. The molecule has 0 unspecified atom stereocenters. The van der Waals surface area contributed by atoms with Crippen molar-refractivity contribution in [3.05, 3.63) is 59.0 Å². The van der Waals surface area contributed by atoms with Crippen LogP contribution in [0.15, 0.2) is 48.5 Å². The maximum atomic E-state index is 12.9. The molecule has 0 bridgehead atoms. The third kappa shape index (κ3) is 5.22. The molecule has 2 aromatic heterocycles. The number of thiophene rings is 1. The molecule has 0 aliphatic heterocycles. The molecule has 8 heteroatoms. The average molecular weight is 426 g/mol. The number of anilines is 2. The summed E-state index contributed by atoms with van der Waals surface area (Å²) in [5.74, 6) is 0.818. The average Bonchev–Trinajstić information content (AvgIpc) is 3.24. The number of carbonyl (C=O) groups excluding carboxylic acids is 2. The number of Topliss-reactive ketones (excluding diaryl/α,β-unsaturated/α-hetero) is 1. The molecule has 3 rings (SSSR count). The molecule has 0 spiro atoms. The summed E-state index contributed by atoms with van der Waals surface area (Å²) in [7, 11) is 3.18. The minimum absolute atomic E-state index is 0.0129. The summed E-state index contributed by atoms with van der Waals surface area (Å²) in [6.45, 7) is 2.50. The number of methoxy groups -OCH3 is 2. The Morgan fingerprint density at radius 2 is 1.93 bits per heavy atom. The van der Waals surface area contributed by atoms with Gasteiger partial charge in [0.05, 0.1) is 34.7 Å². The molecule has 7 nitrogen and oxygen atoms in total. The van der Waals surface area contributed by atoms with Gasteiger partial charge >= 0.3 is 0 Å². The number of ether oxygens (including phenoxy) is 2. The van der Waals surface area contributed by atoms with Gasteiger partial charge in [-0.05, 0) is 43.3 Å². The lowest BCUT2D eigenvalue weighted by molar-refractivity contribution is 0.101. The molecular weight excluding hydrogens is 402 g/mol. The topological polar surface area (TPSA) is 89.5 Å². The van der Waals surface area contributed by atoms with Crippen LogP contribution in [0.3, 0.4) is 0 Å². The summed E-state index contributed by atoms with van der Waals surface area (Å²) in [6.07, 6.45) is 0. The molecular formula is C22H23N3O4S. The van der Waals surface area contributed by atoms with Crippen molar-refractivity contribution in [1.29, 1.82) is 0 Å². The lowest BCUT2D eigenvalue weighted by atomic mass is 10.2. The minimum Gasteiger partial charge on any atom is -0.497 e. The van der Waals surface area contributed by atoms with Crippen molar-refractivity contribution >= 4 is 34.5 Å². The van der Waals surface area contributed by atoms with Crippen LogP contribution in [0, 0.1) is 0 Å². The Morgan fingerprint density at radius 3 is 2.63 bits per heavy atom. The first-order valence-electron chi connectivity index (χ1n) is 9.32. The predicted molar refractivity (Wildman–Crippen MR) is 119 cm³/mol. The van der Waals surface area contributed by atoms with E-state index in [0.717, 1.165) is 4.88 Å². The Bertz CT molecular complexity index is 1050. The zero-order chi connectivity index (χ0) is 21.5. The summed E-state index contributed by atoms with van der Waals surface area (Å²) in [5, 5.41) is 6.03. The van der Waals surface area contributed by atoms with E-state index < -0.39 is 0 Å². The van der Waals surface area contributed by atoms with Gasteiger partial charge < -0.3 is 20.1 Å². The highest BCUT2D eigenvalue weighted by Gasteiger charge is 2.16. The quantitative estimate of drug-likeness (QED) is 0.392. The van der Waals surface area contributed by atoms with Crippen LogP contribution < -0.4 is 15.4 Å². The number of nitrogens with one attached hydrogen (secondary N) is 2. The molecule has 0 radical (unpaired) electrons. The number of aromatic nitrogens is 1. The molecule has 0 saturated carbocycles. The van der Waals surface area contributed by atoms with E-state index in [1.165, 1.54) is 18.3 Å². The standard InChI is InChI=1S/C22H23N3O4S/c1-14(26)19-9-10-20(30-19)18-8-7-17(21(25-18)23-11-12-28-2)22(27)24-15-5-4-6-16(13-15)29-3/h4-10,13H,11-12H2,1-3H3,(H,23,25)(H,24,27). The number of pyridine rings is 1. The van der Waals surface area contributed by atoms with Gasteiger partial charge in [-0.25, -0.2) is 4.98 Å². The first-order valence-corrected chi connectivity index (χ1v) is 10.1. The molecule has 0 saturated heterocycles. The lowest BCUT2D eigenvalue weighted by Gasteiger charge is -2.13. The van der Waals surface area contributed by atoms with Gasteiger partial charge in [-0.15, -0.1) is 11.3 Å². The Kier molecular flexibility index (Phi) is 7.16. The van der Waals surface area contributed by atoms with Gasteiger partial charge in [0.1, 0.15) is 11.6 Å². The number of ketones is 1. The van der Waals surface area contributed by atoms with Crippen LogP contribution in [-0.2, 0) is 4.74 Å². The van der Waals surface area contributed by atoms with Gasteiger partial charge in [-0.1, -0.05) is 6.07 Å². The maximum absolute atomic E-state index is 12.9. The van der Waals surface area contributed by atoms with Crippen molar-refractivity contribution in [3.63, 3.8) is 0 Å². The first kappa shape index (κ1) is 21.5. The normalized spacial score (nSPS) is 10.5. The van der Waals surface area contributed by atoms with Crippen molar-refractivity contribution in [2.24, 2.45) is 0 Å². The summed E-state index contributed by atoms with van der Waals surface area (Å²) in [4.78, 5) is 30.7. The van der Waals surface area contributed by atoms with Crippen LogP contribution in [0.4, 0.5) is 11.5 Å². The summed E-state index contributed by atoms with van der Waals surface area (Å²) in [6, 6.07) is 14.3. The van der Waals surface area contributed by atoms with E-state index >= 15 is 0 Å². The molecule has 1 amide bonds. The number of hydrogen-bond donors (Lipinski definition) is 2. The fourth-order valence-corrected chi connectivity index (χ4v) is 3.62. The molecule has 0 fully saturated rings. The predicted octanol–water partition coefficient (Wildman–Crippen LogP) is 4.33. The molecule has 3 aromatic rings. The SMILES string of the molecule is COCCNc1nc(-c2ccc(C(C)=O)s2)ccc1C(=O)Nc1cccc(OC)c1. The second-order valence-corrected chi connectivity index (χ2v) is 7.50. The second-order valence-electron chi connectivity index (χ2n) is 6.42. The van der Waals surface area contributed by atoms with E-state index in [0.29, 0.717) is 46.5 Å². The molecule has 156 valence electrons. The second kappa shape index (κ2) is 10.00. The number of nitrogens with zero attached hydrogens (tertiary/aromatic N) is 1. The van der Waals surface area contributed by atoms with Gasteiger partial charge in [0, 0.05) is 25.4 Å². The van der Waals surface area contributed by atoms with Crippen LogP contribution in [0.25, 0.3) is 10.6 Å². The van der Waals surface area contributed by atoms with Crippen LogP contribution in [-0.4, -0.2) is 44.0 Å². The molecule has 2 N–H and O–H groups in total. The van der Waals surface area contributed by atoms with Gasteiger partial charge in [0.25, 0.3) is 5.91 Å². The Morgan fingerprint density at radius 1 is 1.10 bits per heavy atom. The Labute approximate surface area is 179 Å². The lowest BCUT2D eigenvalue weighted by Crippen LogP contribution is -2.17. The van der Waals surface area contributed by atoms with Crippen LogP contribution >= 0.6 is 11.3 Å². The third-order valence-electron chi connectivity index (χ3n) is 4.27. The molecule has 0 aliphatic rings. The Balaban J connectivity index is 1.89. The maximum Gasteiger partial charge on any atom is 0.259 e. The molecule has 30 heavy (non-hydrogen) atoms. The Hall–Kier alpha value is -3.23. The van der Waals surface area contributed by atoms with Crippen molar-refractivity contribution in [3.8, 4) is 16.3 Å². The fraction of sp³-hybridized carbons (Fsp3) is 0.227. The van der Waals surface area contributed by atoms with Crippen LogP contribution in [0.1, 0.15) is 27.0 Å². The van der Waals surface area contributed by atoms with Crippen LogP contribution in [0.5, 0.6) is 5.75 Å². The number of benzene rings is 1. The van der Waals surface area contributed by atoms with E-state index in [-0.39, 0.29) is 11.7 Å². The highest BCUT2D eigenvalue weighted by molar-refractivity contribution is 7.17. The zero-order valence-corrected chi connectivity index (χ0v) is 17.8. The molecule has 2 heterocycles. The van der Waals surface area contributed by atoms with E-state index in [9.17, 15) is 9.59 Å². The summed E-state index contributed by atoms with van der Waals surface area (Å²) >= 11 is 1.37. The van der Waals surface area contributed by atoms with E-state index in [1.54, 1.807) is 56.7 Å². The van der Waals surface area contributed by atoms with Crippen LogP contribution in [0.2, 0.25) is 0 Å².